The van der Waals surface area contributed by atoms with Crippen molar-refractivity contribution in [2.75, 3.05) is 0 Å². The van der Waals surface area contributed by atoms with Gasteiger partial charge in [0.05, 0.1) is 5.56 Å². The third kappa shape index (κ3) is 2.51. The number of furan rings is 1. The fourth-order valence-corrected chi connectivity index (χ4v) is 1.92. The first-order valence-corrected chi connectivity index (χ1v) is 5.53. The monoisotopic (exact) mass is 221 g/mol. The van der Waals surface area contributed by atoms with E-state index in [4.69, 9.17) is 4.42 Å². The summed E-state index contributed by atoms with van der Waals surface area (Å²) in [6.07, 6.45) is 4.12. The Balaban J connectivity index is 1.90. The van der Waals surface area contributed by atoms with Crippen LogP contribution in [-0.2, 0) is 4.79 Å². The number of nitrogens with one attached hydrogen (secondary N) is 1. The molecule has 0 spiro atoms. The van der Waals surface area contributed by atoms with E-state index in [0.29, 0.717) is 24.2 Å². The van der Waals surface area contributed by atoms with Crippen molar-refractivity contribution in [2.24, 2.45) is 0 Å². The topological polar surface area (TPSA) is 59.3 Å². The summed E-state index contributed by atoms with van der Waals surface area (Å²) in [5.74, 6) is 0.907. The van der Waals surface area contributed by atoms with E-state index in [-0.39, 0.29) is 11.9 Å². The summed E-state index contributed by atoms with van der Waals surface area (Å²) < 4.78 is 5.08. The van der Waals surface area contributed by atoms with Crippen molar-refractivity contribution in [2.45, 2.75) is 38.6 Å². The van der Waals surface area contributed by atoms with Gasteiger partial charge in [0.25, 0.3) is 5.91 Å². The van der Waals surface area contributed by atoms with E-state index in [1.807, 2.05) is 0 Å². The molecule has 86 valence electrons. The van der Waals surface area contributed by atoms with Gasteiger partial charge in [-0.05, 0) is 25.8 Å². The van der Waals surface area contributed by atoms with Crippen LogP contribution in [0, 0.1) is 6.92 Å². The van der Waals surface area contributed by atoms with Gasteiger partial charge < -0.3 is 9.73 Å². The molecule has 0 unspecified atom stereocenters. The van der Waals surface area contributed by atoms with Gasteiger partial charge in [-0.2, -0.15) is 0 Å². The molecule has 4 heteroatoms. The van der Waals surface area contributed by atoms with Crippen LogP contribution >= 0.6 is 0 Å². The minimum absolute atomic E-state index is 0.115. The van der Waals surface area contributed by atoms with E-state index in [9.17, 15) is 9.59 Å². The van der Waals surface area contributed by atoms with Crippen molar-refractivity contribution >= 4 is 11.7 Å². The largest absolute Gasteiger partial charge is 0.469 e. The average Bonchev–Trinajstić information content (AvgIpc) is 2.68. The smallest absolute Gasteiger partial charge is 0.254 e. The number of carbonyl (C=O) groups is 2. The lowest BCUT2D eigenvalue weighted by atomic mass is 9.94. The fraction of sp³-hybridized carbons (Fsp3) is 0.500. The van der Waals surface area contributed by atoms with Crippen molar-refractivity contribution in [1.29, 1.82) is 0 Å². The normalized spacial score (nSPS) is 17.4. The minimum atomic E-state index is -0.115. The van der Waals surface area contributed by atoms with Gasteiger partial charge in [-0.1, -0.05) is 0 Å². The zero-order valence-electron chi connectivity index (χ0n) is 9.29. The standard InChI is InChI=1S/C12H15NO3/c1-8-6-9(7-16-8)12(15)13-10-2-4-11(14)5-3-10/h6-7,10H,2-5H2,1H3,(H,13,15). The average molecular weight is 221 g/mol. The molecule has 1 aliphatic carbocycles. The zero-order valence-corrected chi connectivity index (χ0v) is 9.29. The van der Waals surface area contributed by atoms with Crippen molar-refractivity contribution < 1.29 is 14.0 Å². The van der Waals surface area contributed by atoms with Crippen molar-refractivity contribution in [3.8, 4) is 0 Å². The molecule has 1 aromatic heterocycles. The third-order valence-electron chi connectivity index (χ3n) is 2.87. The predicted octanol–water partition coefficient (Wildman–Crippen LogP) is 1.83. The highest BCUT2D eigenvalue weighted by Crippen LogP contribution is 2.15. The van der Waals surface area contributed by atoms with Gasteiger partial charge in [0.2, 0.25) is 0 Å². The Morgan fingerprint density at radius 3 is 2.69 bits per heavy atom. The number of ketones is 1. The van der Waals surface area contributed by atoms with Crippen molar-refractivity contribution in [3.63, 3.8) is 0 Å². The zero-order chi connectivity index (χ0) is 11.5. The second-order valence-electron chi connectivity index (χ2n) is 4.23. The number of carbonyl (C=O) groups excluding carboxylic acids is 2. The lowest BCUT2D eigenvalue weighted by molar-refractivity contribution is -0.120. The maximum absolute atomic E-state index is 11.8. The van der Waals surface area contributed by atoms with Gasteiger partial charge in [0.15, 0.2) is 0 Å². The highest BCUT2D eigenvalue weighted by Gasteiger charge is 2.21. The predicted molar refractivity (Wildman–Crippen MR) is 58.2 cm³/mol. The van der Waals surface area contributed by atoms with Crippen LogP contribution in [0.4, 0.5) is 0 Å². The molecule has 1 heterocycles. The van der Waals surface area contributed by atoms with Crippen LogP contribution in [0.15, 0.2) is 16.7 Å². The number of Topliss-reactive ketones (excluding diaryl/α,β-unsaturated/α-hetero) is 1. The molecule has 16 heavy (non-hydrogen) atoms. The molecule has 1 amide bonds. The summed E-state index contributed by atoms with van der Waals surface area (Å²) in [5, 5.41) is 2.92. The SMILES string of the molecule is Cc1cc(C(=O)NC2CCC(=O)CC2)co1. The van der Waals surface area contributed by atoms with Gasteiger partial charge >= 0.3 is 0 Å². The lowest BCUT2D eigenvalue weighted by Gasteiger charge is -2.21. The summed E-state index contributed by atoms with van der Waals surface area (Å²) in [7, 11) is 0. The van der Waals surface area contributed by atoms with Gasteiger partial charge in [0, 0.05) is 18.9 Å². The van der Waals surface area contributed by atoms with Crippen LogP contribution in [-0.4, -0.2) is 17.7 Å². The van der Waals surface area contributed by atoms with Crippen LogP contribution < -0.4 is 5.32 Å². The minimum Gasteiger partial charge on any atom is -0.469 e. The molecule has 0 aromatic carbocycles. The van der Waals surface area contributed by atoms with Gasteiger partial charge in [-0.3, -0.25) is 9.59 Å². The molecule has 4 nitrogen and oxygen atoms in total. The number of rotatable bonds is 2. The Morgan fingerprint density at radius 1 is 1.44 bits per heavy atom. The fourth-order valence-electron chi connectivity index (χ4n) is 1.92. The first-order chi connectivity index (χ1) is 7.65. The highest BCUT2D eigenvalue weighted by atomic mass is 16.3. The Hall–Kier alpha value is -1.58. The summed E-state index contributed by atoms with van der Waals surface area (Å²) in [6.45, 7) is 1.80. The van der Waals surface area contributed by atoms with Crippen LogP contribution in [0.25, 0.3) is 0 Å². The van der Waals surface area contributed by atoms with Gasteiger partial charge in [-0.15, -0.1) is 0 Å². The second-order valence-corrected chi connectivity index (χ2v) is 4.23. The van der Waals surface area contributed by atoms with Gasteiger partial charge in [-0.25, -0.2) is 0 Å². The molecule has 0 radical (unpaired) electrons. The molecule has 2 rings (SSSR count). The quantitative estimate of drug-likeness (QED) is 0.828. The van der Waals surface area contributed by atoms with Crippen LogP contribution in [0.1, 0.15) is 41.8 Å². The lowest BCUT2D eigenvalue weighted by Crippen LogP contribution is -2.37. The molecule has 1 aliphatic rings. The van der Waals surface area contributed by atoms with E-state index in [2.05, 4.69) is 5.32 Å². The Morgan fingerprint density at radius 2 is 2.12 bits per heavy atom. The number of aryl methyl sites for hydroxylation is 1. The second kappa shape index (κ2) is 4.51. The summed E-state index contributed by atoms with van der Waals surface area (Å²) in [4.78, 5) is 22.8. The van der Waals surface area contributed by atoms with Crippen LogP contribution in [0.2, 0.25) is 0 Å². The first kappa shape index (κ1) is 10.9. The Labute approximate surface area is 94.0 Å². The van der Waals surface area contributed by atoms with Crippen molar-refractivity contribution in [3.05, 3.63) is 23.7 Å². The molecular weight excluding hydrogens is 206 g/mol. The molecule has 1 N–H and O–H groups in total. The van der Waals surface area contributed by atoms with E-state index >= 15 is 0 Å². The molecule has 0 atom stereocenters. The van der Waals surface area contributed by atoms with Crippen LogP contribution in [0.5, 0.6) is 0 Å². The molecular formula is C12H15NO3. The van der Waals surface area contributed by atoms with E-state index in [1.165, 1.54) is 6.26 Å². The van der Waals surface area contributed by atoms with E-state index < -0.39 is 0 Å². The number of amides is 1. The van der Waals surface area contributed by atoms with Gasteiger partial charge in [0.1, 0.15) is 17.8 Å². The summed E-state index contributed by atoms with van der Waals surface area (Å²) in [5.41, 5.74) is 0.550. The third-order valence-corrected chi connectivity index (χ3v) is 2.87. The summed E-state index contributed by atoms with van der Waals surface area (Å²) >= 11 is 0. The molecule has 1 aromatic rings. The molecule has 1 fully saturated rings. The number of hydrogen-bond donors (Lipinski definition) is 1. The number of hydrogen-bond acceptors (Lipinski definition) is 3. The molecule has 0 saturated heterocycles. The summed E-state index contributed by atoms with van der Waals surface area (Å²) in [6, 6.07) is 1.84. The Kier molecular flexibility index (Phi) is 3.08. The van der Waals surface area contributed by atoms with Crippen LogP contribution in [0.3, 0.4) is 0 Å². The Bertz CT molecular complexity index is 398. The first-order valence-electron chi connectivity index (χ1n) is 5.53. The molecule has 1 saturated carbocycles. The molecule has 0 aliphatic heterocycles. The maximum Gasteiger partial charge on any atom is 0.254 e. The highest BCUT2D eigenvalue weighted by molar-refractivity contribution is 5.94. The van der Waals surface area contributed by atoms with Crippen molar-refractivity contribution in [1.82, 2.24) is 5.32 Å². The van der Waals surface area contributed by atoms with E-state index in [1.54, 1.807) is 13.0 Å². The maximum atomic E-state index is 11.8. The molecule has 0 bridgehead atoms. The van der Waals surface area contributed by atoms with E-state index in [0.717, 1.165) is 18.6 Å².